The van der Waals surface area contributed by atoms with Gasteiger partial charge in [-0.1, -0.05) is 0 Å². The first-order valence-electron chi connectivity index (χ1n) is 5.03. The molecule has 0 radical (unpaired) electrons. The summed E-state index contributed by atoms with van der Waals surface area (Å²) in [5.41, 5.74) is 1.07. The molecule has 5 heteroatoms. The van der Waals surface area contributed by atoms with E-state index in [-0.39, 0.29) is 11.9 Å². The third-order valence-corrected chi connectivity index (χ3v) is 3.27. The second kappa shape index (κ2) is 4.52. The van der Waals surface area contributed by atoms with Gasteiger partial charge in [0.05, 0.1) is 16.3 Å². The number of allylic oxidation sites excluding steroid dienone is 2. The minimum Gasteiger partial charge on any atom is -0.372 e. The van der Waals surface area contributed by atoms with Crippen molar-refractivity contribution in [1.82, 2.24) is 15.5 Å². The summed E-state index contributed by atoms with van der Waals surface area (Å²) in [6.45, 7) is 4.16. The van der Waals surface area contributed by atoms with E-state index in [0.29, 0.717) is 6.54 Å². The Labute approximate surface area is 103 Å². The minimum absolute atomic E-state index is 0.159. The molecule has 1 amide bonds. The quantitative estimate of drug-likeness (QED) is 0.549. The van der Waals surface area contributed by atoms with Gasteiger partial charge in [0.25, 0.3) is 0 Å². The highest BCUT2D eigenvalue weighted by molar-refractivity contribution is 14.1. The number of carbonyl (C=O) groups excluding carboxylic acids is 1. The van der Waals surface area contributed by atoms with Crippen molar-refractivity contribution < 1.29 is 4.79 Å². The van der Waals surface area contributed by atoms with Crippen LogP contribution in [0.5, 0.6) is 0 Å². The van der Waals surface area contributed by atoms with Crippen LogP contribution in [-0.2, 0) is 4.79 Å². The molecule has 2 N–H and O–H groups in total. The molecule has 1 unspecified atom stereocenters. The van der Waals surface area contributed by atoms with Crippen LogP contribution in [0.4, 0.5) is 0 Å². The maximum atomic E-state index is 11.7. The van der Waals surface area contributed by atoms with E-state index in [4.69, 9.17) is 0 Å². The second-order valence-electron chi connectivity index (χ2n) is 3.69. The largest absolute Gasteiger partial charge is 0.372 e. The Morgan fingerprint density at radius 2 is 2.33 bits per heavy atom. The molecule has 0 aromatic carbocycles. The lowest BCUT2D eigenvalue weighted by Crippen LogP contribution is -2.50. The summed E-state index contributed by atoms with van der Waals surface area (Å²) < 4.78 is 1.12. The van der Waals surface area contributed by atoms with Crippen LogP contribution in [0.15, 0.2) is 21.6 Å². The van der Waals surface area contributed by atoms with Crippen LogP contribution >= 0.6 is 22.6 Å². The molecule has 1 saturated heterocycles. The minimum atomic E-state index is 0.159. The molecule has 2 aliphatic rings. The van der Waals surface area contributed by atoms with Gasteiger partial charge in [0.1, 0.15) is 0 Å². The number of hydrogen-bond acceptors (Lipinski definition) is 3. The van der Waals surface area contributed by atoms with E-state index in [2.05, 4.69) is 40.1 Å². The monoisotopic (exact) mass is 319 g/mol. The fourth-order valence-corrected chi connectivity index (χ4v) is 2.48. The average Bonchev–Trinajstić information content (AvgIpc) is 2.20. The average molecular weight is 319 g/mol. The number of nitrogens with zero attached hydrogens (tertiary/aromatic N) is 1. The highest BCUT2D eigenvalue weighted by Gasteiger charge is 2.25. The standard InChI is InChI=1S/C10H14IN3O/c1-7-8(2-3-9(11)13-7)14-5-4-12-6-10(14)15/h2-3,7,12-13H,4-6H2,1H3. The molecule has 1 fully saturated rings. The number of piperazine rings is 1. The Hall–Kier alpha value is -0.560. The Bertz CT molecular complexity index is 338. The normalized spacial score (nSPS) is 26.9. The molecule has 2 aliphatic heterocycles. The van der Waals surface area contributed by atoms with Crippen molar-refractivity contribution in [2.75, 3.05) is 19.6 Å². The van der Waals surface area contributed by atoms with Gasteiger partial charge in [-0.3, -0.25) is 4.79 Å². The third kappa shape index (κ3) is 2.34. The molecule has 0 bridgehead atoms. The fraction of sp³-hybridized carbons (Fsp3) is 0.500. The van der Waals surface area contributed by atoms with Crippen molar-refractivity contribution in [3.05, 3.63) is 21.6 Å². The smallest absolute Gasteiger partial charge is 0.240 e. The van der Waals surface area contributed by atoms with Gasteiger partial charge in [0.2, 0.25) is 5.91 Å². The molecule has 0 saturated carbocycles. The van der Waals surface area contributed by atoms with Gasteiger partial charge in [-0.15, -0.1) is 0 Å². The maximum Gasteiger partial charge on any atom is 0.240 e. The van der Waals surface area contributed by atoms with Crippen LogP contribution in [0.2, 0.25) is 0 Å². The molecule has 2 heterocycles. The van der Waals surface area contributed by atoms with Crippen molar-refractivity contribution in [2.24, 2.45) is 0 Å². The van der Waals surface area contributed by atoms with Gasteiger partial charge < -0.3 is 15.5 Å². The maximum absolute atomic E-state index is 11.7. The molecule has 15 heavy (non-hydrogen) atoms. The fourth-order valence-electron chi connectivity index (χ4n) is 1.83. The lowest BCUT2D eigenvalue weighted by atomic mass is 10.1. The van der Waals surface area contributed by atoms with Gasteiger partial charge in [0, 0.05) is 18.8 Å². The molecular formula is C10H14IN3O. The van der Waals surface area contributed by atoms with Crippen LogP contribution in [0.3, 0.4) is 0 Å². The first-order chi connectivity index (χ1) is 7.18. The summed E-state index contributed by atoms with van der Waals surface area (Å²) in [5, 5.41) is 6.38. The van der Waals surface area contributed by atoms with E-state index in [9.17, 15) is 4.79 Å². The molecule has 0 spiro atoms. The Balaban J connectivity index is 2.18. The highest BCUT2D eigenvalue weighted by atomic mass is 127. The second-order valence-corrected chi connectivity index (χ2v) is 4.86. The summed E-state index contributed by atoms with van der Waals surface area (Å²) in [5.74, 6) is 0.159. The predicted molar refractivity (Wildman–Crippen MR) is 67.4 cm³/mol. The van der Waals surface area contributed by atoms with Crippen LogP contribution in [0, 0.1) is 0 Å². The van der Waals surface area contributed by atoms with Gasteiger partial charge in [-0.2, -0.15) is 0 Å². The van der Waals surface area contributed by atoms with Crippen LogP contribution in [-0.4, -0.2) is 36.5 Å². The summed E-state index contributed by atoms with van der Waals surface area (Å²) in [6, 6.07) is 0.212. The van der Waals surface area contributed by atoms with Crippen molar-refractivity contribution in [1.29, 1.82) is 0 Å². The first kappa shape index (κ1) is 10.9. The SMILES string of the molecule is CC1NC(I)=CC=C1N1CCNCC1=O. The van der Waals surface area contributed by atoms with Crippen molar-refractivity contribution in [3.63, 3.8) is 0 Å². The molecular weight excluding hydrogens is 305 g/mol. The first-order valence-corrected chi connectivity index (χ1v) is 6.11. The Kier molecular flexibility index (Phi) is 3.30. The summed E-state index contributed by atoms with van der Waals surface area (Å²) in [7, 11) is 0. The highest BCUT2D eigenvalue weighted by Crippen LogP contribution is 2.19. The zero-order valence-electron chi connectivity index (χ0n) is 8.59. The number of nitrogens with one attached hydrogen (secondary N) is 2. The number of carbonyl (C=O) groups is 1. The third-order valence-electron chi connectivity index (χ3n) is 2.60. The Morgan fingerprint density at radius 3 is 3.00 bits per heavy atom. The predicted octanol–water partition coefficient (Wildman–Crippen LogP) is 0.570. The Morgan fingerprint density at radius 1 is 1.53 bits per heavy atom. The van der Waals surface area contributed by atoms with Crippen molar-refractivity contribution in [3.8, 4) is 0 Å². The molecule has 1 atom stereocenters. The van der Waals surface area contributed by atoms with Crippen LogP contribution in [0.1, 0.15) is 6.92 Å². The van der Waals surface area contributed by atoms with E-state index >= 15 is 0 Å². The van der Waals surface area contributed by atoms with Gasteiger partial charge in [-0.25, -0.2) is 0 Å². The van der Waals surface area contributed by atoms with Crippen LogP contribution < -0.4 is 10.6 Å². The summed E-state index contributed by atoms with van der Waals surface area (Å²) in [6.07, 6.45) is 4.04. The van der Waals surface area contributed by atoms with Crippen molar-refractivity contribution in [2.45, 2.75) is 13.0 Å². The molecule has 0 aliphatic carbocycles. The zero-order chi connectivity index (χ0) is 10.8. The van der Waals surface area contributed by atoms with E-state index in [0.717, 1.165) is 22.5 Å². The molecule has 2 rings (SSSR count). The number of halogens is 1. The lowest BCUT2D eigenvalue weighted by molar-refractivity contribution is -0.130. The number of hydrogen-bond donors (Lipinski definition) is 2. The summed E-state index contributed by atoms with van der Waals surface area (Å²) in [4.78, 5) is 13.6. The molecule has 0 aromatic heterocycles. The van der Waals surface area contributed by atoms with Gasteiger partial charge >= 0.3 is 0 Å². The van der Waals surface area contributed by atoms with Gasteiger partial charge in [-0.05, 0) is 41.7 Å². The zero-order valence-corrected chi connectivity index (χ0v) is 10.7. The van der Waals surface area contributed by atoms with E-state index < -0.39 is 0 Å². The van der Waals surface area contributed by atoms with Gasteiger partial charge in [0.15, 0.2) is 0 Å². The lowest BCUT2D eigenvalue weighted by Gasteiger charge is -2.34. The number of dihydropyridines is 1. The topological polar surface area (TPSA) is 44.4 Å². The number of amides is 1. The van der Waals surface area contributed by atoms with Crippen LogP contribution in [0.25, 0.3) is 0 Å². The molecule has 4 nitrogen and oxygen atoms in total. The van der Waals surface area contributed by atoms with E-state index in [1.54, 1.807) is 0 Å². The number of rotatable bonds is 1. The van der Waals surface area contributed by atoms with E-state index in [1.165, 1.54) is 0 Å². The summed E-state index contributed by atoms with van der Waals surface area (Å²) >= 11 is 2.25. The van der Waals surface area contributed by atoms with Crippen molar-refractivity contribution >= 4 is 28.5 Å². The van der Waals surface area contributed by atoms with E-state index in [1.807, 2.05) is 17.1 Å². The molecule has 82 valence electrons. The molecule has 0 aromatic rings.